The van der Waals surface area contributed by atoms with Crippen LogP contribution in [-0.2, 0) is 24.8 Å². The quantitative estimate of drug-likeness (QED) is 0.489. The Morgan fingerprint density at radius 1 is 0.967 bits per heavy atom. The van der Waals surface area contributed by atoms with Crippen LogP contribution in [-0.4, -0.2) is 41.9 Å². The molecule has 11 heteroatoms. The van der Waals surface area contributed by atoms with Gasteiger partial charge in [-0.1, -0.05) is 24.3 Å². The highest BCUT2D eigenvalue weighted by Gasteiger charge is 2.24. The van der Waals surface area contributed by atoms with Crippen molar-refractivity contribution in [3.63, 3.8) is 0 Å². The molecule has 1 atom stereocenters. The molecule has 0 fully saturated rings. The molecule has 164 valence electrons. The van der Waals surface area contributed by atoms with Gasteiger partial charge in [0.15, 0.2) is 0 Å². The molecule has 2 aromatic rings. The molecule has 2 aromatic carbocycles. The number of amides is 1. The van der Waals surface area contributed by atoms with Crippen molar-refractivity contribution in [3.8, 4) is 0 Å². The van der Waals surface area contributed by atoms with Crippen LogP contribution in [0.3, 0.4) is 0 Å². The summed E-state index contributed by atoms with van der Waals surface area (Å²) in [6.45, 7) is 4.61. The maximum atomic E-state index is 13.7. The highest BCUT2D eigenvalue weighted by Crippen LogP contribution is 2.16. The number of hydrogen-bond acceptors (Lipinski definition) is 5. The summed E-state index contributed by atoms with van der Waals surface area (Å²) >= 11 is 0. The minimum Gasteiger partial charge on any atom is -0.353 e. The largest absolute Gasteiger partial charge is 0.353 e. The van der Waals surface area contributed by atoms with E-state index in [9.17, 15) is 26.0 Å². The fourth-order valence-corrected chi connectivity index (χ4v) is 5.25. The van der Waals surface area contributed by atoms with Crippen molar-refractivity contribution in [2.24, 2.45) is 0 Å². The normalized spacial score (nSPS) is 13.1. The number of benzene rings is 2. The Morgan fingerprint density at radius 2 is 1.63 bits per heavy atom. The van der Waals surface area contributed by atoms with Gasteiger partial charge in [0.1, 0.15) is 10.7 Å². The number of carbonyl (C=O) groups excluding carboxylic acids is 1. The summed E-state index contributed by atoms with van der Waals surface area (Å²) in [4.78, 5) is 11.7. The summed E-state index contributed by atoms with van der Waals surface area (Å²) in [5.41, 5.74) is 1.39. The first-order chi connectivity index (χ1) is 13.9. The molecular weight excluding hydrogens is 433 g/mol. The summed E-state index contributed by atoms with van der Waals surface area (Å²) in [5, 5.41) is 2.43. The van der Waals surface area contributed by atoms with Crippen LogP contribution in [0.2, 0.25) is 0 Å². The number of nitrogens with one attached hydrogen (secondary N) is 3. The van der Waals surface area contributed by atoms with Crippen LogP contribution in [0.1, 0.15) is 18.1 Å². The number of halogens is 1. The zero-order valence-electron chi connectivity index (χ0n) is 16.8. The van der Waals surface area contributed by atoms with Crippen LogP contribution < -0.4 is 14.8 Å². The topological polar surface area (TPSA) is 121 Å². The van der Waals surface area contributed by atoms with E-state index < -0.39 is 42.7 Å². The fourth-order valence-electron chi connectivity index (χ4n) is 2.61. The number of aryl methyl sites for hydroxylation is 2. The van der Waals surface area contributed by atoms with E-state index in [1.165, 1.54) is 19.1 Å². The maximum Gasteiger partial charge on any atom is 0.244 e. The first-order valence-electron chi connectivity index (χ1n) is 9.05. The molecule has 0 aliphatic rings. The highest BCUT2D eigenvalue weighted by atomic mass is 32.2. The maximum absolute atomic E-state index is 13.7. The molecule has 0 unspecified atom stereocenters. The van der Waals surface area contributed by atoms with Crippen LogP contribution in [0.5, 0.6) is 0 Å². The molecular formula is C19H24FN3O5S2. The van der Waals surface area contributed by atoms with Crippen molar-refractivity contribution in [2.75, 3.05) is 13.1 Å². The molecule has 0 heterocycles. The Morgan fingerprint density at radius 3 is 2.30 bits per heavy atom. The van der Waals surface area contributed by atoms with E-state index in [1.807, 2.05) is 0 Å². The van der Waals surface area contributed by atoms with Gasteiger partial charge in [0.05, 0.1) is 10.9 Å². The zero-order chi connectivity index (χ0) is 22.5. The van der Waals surface area contributed by atoms with E-state index in [2.05, 4.69) is 14.8 Å². The van der Waals surface area contributed by atoms with E-state index in [0.29, 0.717) is 5.56 Å². The minimum absolute atomic E-state index is 0.0608. The summed E-state index contributed by atoms with van der Waals surface area (Å²) in [7, 11) is -7.99. The molecule has 0 bridgehead atoms. The lowest BCUT2D eigenvalue weighted by molar-refractivity contribution is -0.122. The molecule has 30 heavy (non-hydrogen) atoms. The van der Waals surface area contributed by atoms with Crippen LogP contribution in [0.15, 0.2) is 52.3 Å². The Bertz CT molecular complexity index is 1130. The summed E-state index contributed by atoms with van der Waals surface area (Å²) in [6.07, 6.45) is 0. The molecule has 0 radical (unpaired) electrons. The number of hydrogen-bond donors (Lipinski definition) is 3. The van der Waals surface area contributed by atoms with Gasteiger partial charge < -0.3 is 5.32 Å². The average molecular weight is 458 g/mol. The summed E-state index contributed by atoms with van der Waals surface area (Å²) in [5.74, 6) is -1.61. The third kappa shape index (κ3) is 6.08. The first kappa shape index (κ1) is 23.9. The highest BCUT2D eigenvalue weighted by molar-refractivity contribution is 7.89. The molecule has 0 aliphatic carbocycles. The Kier molecular flexibility index (Phi) is 7.70. The van der Waals surface area contributed by atoms with E-state index in [-0.39, 0.29) is 18.0 Å². The smallest absolute Gasteiger partial charge is 0.244 e. The van der Waals surface area contributed by atoms with Gasteiger partial charge in [-0.05, 0) is 50.1 Å². The van der Waals surface area contributed by atoms with Gasteiger partial charge in [-0.25, -0.2) is 25.9 Å². The van der Waals surface area contributed by atoms with Gasteiger partial charge in [-0.15, -0.1) is 0 Å². The third-order valence-corrected chi connectivity index (χ3v) is 7.38. The minimum atomic E-state index is -4.23. The molecule has 0 saturated heterocycles. The van der Waals surface area contributed by atoms with E-state index >= 15 is 0 Å². The van der Waals surface area contributed by atoms with Crippen molar-refractivity contribution in [1.82, 2.24) is 14.8 Å². The van der Waals surface area contributed by atoms with Crippen LogP contribution in [0.4, 0.5) is 4.39 Å². The first-order valence-corrected chi connectivity index (χ1v) is 12.0. The van der Waals surface area contributed by atoms with Gasteiger partial charge in [0.25, 0.3) is 0 Å². The van der Waals surface area contributed by atoms with E-state index in [0.717, 1.165) is 17.7 Å². The molecule has 8 nitrogen and oxygen atoms in total. The second kappa shape index (κ2) is 9.65. The molecule has 0 spiro atoms. The predicted molar refractivity (Wildman–Crippen MR) is 110 cm³/mol. The predicted octanol–water partition coefficient (Wildman–Crippen LogP) is 1.20. The summed E-state index contributed by atoms with van der Waals surface area (Å²) < 4.78 is 67.4. The second-order valence-corrected chi connectivity index (χ2v) is 10.1. The van der Waals surface area contributed by atoms with E-state index in [4.69, 9.17) is 0 Å². The van der Waals surface area contributed by atoms with Gasteiger partial charge in [-0.3, -0.25) is 4.79 Å². The van der Waals surface area contributed by atoms with Crippen molar-refractivity contribution < 1.29 is 26.0 Å². The van der Waals surface area contributed by atoms with Gasteiger partial charge in [0.2, 0.25) is 26.0 Å². The standard InChI is InChI=1S/C19H24FN3O5S2/c1-13-8-9-14(2)18(12-13)29(25,26)22-11-10-21-19(24)15(3)23-30(27,28)17-7-5-4-6-16(17)20/h4-9,12,15,22-23H,10-11H2,1-3H3,(H,21,24)/t15-/m0/s1. The number of sulfonamides is 2. The SMILES string of the molecule is Cc1ccc(C)c(S(=O)(=O)NCCNC(=O)[C@H](C)NS(=O)(=O)c2ccccc2F)c1. The second-order valence-electron chi connectivity index (χ2n) is 6.73. The fraction of sp³-hybridized carbons (Fsp3) is 0.316. The molecule has 2 rings (SSSR count). The number of rotatable bonds is 9. The van der Waals surface area contributed by atoms with Crippen molar-refractivity contribution in [3.05, 3.63) is 59.4 Å². The zero-order valence-corrected chi connectivity index (χ0v) is 18.4. The Hall–Kier alpha value is -2.34. The van der Waals surface area contributed by atoms with Gasteiger partial charge in [-0.2, -0.15) is 4.72 Å². The monoisotopic (exact) mass is 457 g/mol. The lowest BCUT2D eigenvalue weighted by atomic mass is 10.2. The lowest BCUT2D eigenvalue weighted by Gasteiger charge is -2.15. The summed E-state index contributed by atoms with van der Waals surface area (Å²) in [6, 6.07) is 8.67. The number of carbonyl (C=O) groups is 1. The van der Waals surface area contributed by atoms with E-state index in [1.54, 1.807) is 32.0 Å². The van der Waals surface area contributed by atoms with Gasteiger partial charge in [0, 0.05) is 13.1 Å². The van der Waals surface area contributed by atoms with Crippen molar-refractivity contribution in [1.29, 1.82) is 0 Å². The van der Waals surface area contributed by atoms with Crippen molar-refractivity contribution >= 4 is 26.0 Å². The molecule has 0 saturated carbocycles. The molecule has 0 aromatic heterocycles. The third-order valence-electron chi connectivity index (χ3n) is 4.20. The van der Waals surface area contributed by atoms with Gasteiger partial charge >= 0.3 is 0 Å². The Balaban J connectivity index is 1.90. The van der Waals surface area contributed by atoms with Crippen LogP contribution >= 0.6 is 0 Å². The van der Waals surface area contributed by atoms with Crippen molar-refractivity contribution in [2.45, 2.75) is 36.6 Å². The lowest BCUT2D eigenvalue weighted by Crippen LogP contribution is -2.46. The molecule has 0 aliphatic heterocycles. The van der Waals surface area contributed by atoms with Crippen LogP contribution in [0, 0.1) is 19.7 Å². The average Bonchev–Trinajstić information content (AvgIpc) is 2.66. The Labute approximate surface area is 176 Å². The molecule has 3 N–H and O–H groups in total. The molecule has 1 amide bonds. The van der Waals surface area contributed by atoms with Crippen LogP contribution in [0.25, 0.3) is 0 Å².